The highest BCUT2D eigenvalue weighted by molar-refractivity contribution is 6.30. The fourth-order valence-corrected chi connectivity index (χ4v) is 2.53. The van der Waals surface area contributed by atoms with Crippen molar-refractivity contribution in [2.24, 2.45) is 0 Å². The van der Waals surface area contributed by atoms with Gasteiger partial charge in [0.15, 0.2) is 0 Å². The largest absolute Gasteiger partial charge is 0.346 e. The second-order valence-electron chi connectivity index (χ2n) is 5.05. The minimum atomic E-state index is -0.189. The van der Waals surface area contributed by atoms with E-state index in [1.165, 1.54) is 6.33 Å². The smallest absolute Gasteiger partial charge is 0.270 e. The van der Waals surface area contributed by atoms with Crippen molar-refractivity contribution in [2.45, 2.75) is 18.9 Å². The van der Waals surface area contributed by atoms with Crippen LogP contribution < -0.4 is 10.2 Å². The summed E-state index contributed by atoms with van der Waals surface area (Å²) >= 11 is 5.80. The van der Waals surface area contributed by atoms with Crippen molar-refractivity contribution < 1.29 is 4.79 Å². The number of hydrogen-bond donors (Lipinski definition) is 1. The van der Waals surface area contributed by atoms with Crippen LogP contribution in [0, 0.1) is 0 Å². The zero-order valence-corrected chi connectivity index (χ0v) is 12.6. The van der Waals surface area contributed by atoms with E-state index < -0.39 is 0 Å². The molecule has 0 aliphatic carbocycles. The van der Waals surface area contributed by atoms with Gasteiger partial charge in [-0.1, -0.05) is 11.6 Å². The molecular weight excluding hydrogens is 304 g/mol. The van der Waals surface area contributed by atoms with Crippen LogP contribution in [0.1, 0.15) is 23.3 Å². The number of nitrogens with zero attached hydrogens (tertiary/aromatic N) is 5. The monoisotopic (exact) mass is 318 g/mol. The molecule has 22 heavy (non-hydrogen) atoms. The van der Waals surface area contributed by atoms with Gasteiger partial charge in [-0.3, -0.25) is 4.79 Å². The van der Waals surface area contributed by atoms with Crippen molar-refractivity contribution >= 4 is 23.5 Å². The molecule has 0 bridgehead atoms. The summed E-state index contributed by atoms with van der Waals surface area (Å²) in [4.78, 5) is 30.4. The number of carbonyl (C=O) groups is 1. The van der Waals surface area contributed by atoms with Crippen LogP contribution in [0.2, 0.25) is 5.02 Å². The van der Waals surface area contributed by atoms with Crippen LogP contribution in [0.5, 0.6) is 0 Å². The fraction of sp³-hybridized carbons (Fsp3) is 0.357. The lowest BCUT2D eigenvalue weighted by Gasteiger charge is -2.33. The molecule has 1 aliphatic heterocycles. The Hall–Kier alpha value is -2.28. The summed E-state index contributed by atoms with van der Waals surface area (Å²) in [6.07, 6.45) is 7.95. The van der Waals surface area contributed by atoms with E-state index in [1.54, 1.807) is 24.7 Å². The number of amides is 1. The molecule has 0 aromatic carbocycles. The highest BCUT2D eigenvalue weighted by Gasteiger charge is 2.23. The molecule has 2 aromatic rings. The molecule has 0 saturated carbocycles. The van der Waals surface area contributed by atoms with E-state index >= 15 is 0 Å². The third kappa shape index (κ3) is 3.48. The summed E-state index contributed by atoms with van der Waals surface area (Å²) in [5, 5.41) is 3.50. The molecular formula is C14H15ClN6O. The van der Waals surface area contributed by atoms with Crippen molar-refractivity contribution in [3.05, 3.63) is 41.7 Å². The van der Waals surface area contributed by atoms with E-state index in [4.69, 9.17) is 11.6 Å². The van der Waals surface area contributed by atoms with Crippen LogP contribution in [-0.4, -0.2) is 45.0 Å². The fourth-order valence-electron chi connectivity index (χ4n) is 2.43. The van der Waals surface area contributed by atoms with Crippen molar-refractivity contribution in [1.82, 2.24) is 25.3 Å². The molecule has 3 heterocycles. The molecule has 1 amide bonds. The maximum atomic E-state index is 12.1. The van der Waals surface area contributed by atoms with Crippen LogP contribution in [0.4, 0.5) is 5.95 Å². The predicted octanol–water partition coefficient (Wildman–Crippen LogP) is 1.32. The van der Waals surface area contributed by atoms with Crippen LogP contribution >= 0.6 is 11.6 Å². The normalized spacial score (nSPS) is 18.0. The number of nitrogens with one attached hydrogen (secondary N) is 1. The molecule has 8 heteroatoms. The third-order valence-electron chi connectivity index (χ3n) is 3.46. The summed E-state index contributed by atoms with van der Waals surface area (Å²) in [5.74, 6) is 0.441. The maximum Gasteiger partial charge on any atom is 0.270 e. The lowest BCUT2D eigenvalue weighted by molar-refractivity contribution is 0.0928. The quantitative estimate of drug-likeness (QED) is 0.919. The standard InChI is InChI=1S/C14H15ClN6O/c15-10-6-17-14(18-7-10)21-5-1-2-11(8-21)20-13(22)12-3-4-16-9-19-12/h3-4,6-7,9,11H,1-2,5,8H2,(H,20,22). The van der Waals surface area contributed by atoms with Gasteiger partial charge in [-0.05, 0) is 18.9 Å². The van der Waals surface area contributed by atoms with E-state index in [0.29, 0.717) is 23.2 Å². The summed E-state index contributed by atoms with van der Waals surface area (Å²) in [6.45, 7) is 1.53. The molecule has 1 atom stereocenters. The maximum absolute atomic E-state index is 12.1. The summed E-state index contributed by atoms with van der Waals surface area (Å²) in [6, 6.07) is 1.63. The minimum Gasteiger partial charge on any atom is -0.346 e. The molecule has 7 nitrogen and oxygen atoms in total. The topological polar surface area (TPSA) is 83.9 Å². The number of piperidine rings is 1. The van der Waals surface area contributed by atoms with Gasteiger partial charge in [0, 0.05) is 25.3 Å². The Bertz CT molecular complexity index is 636. The van der Waals surface area contributed by atoms with Gasteiger partial charge >= 0.3 is 0 Å². The summed E-state index contributed by atoms with van der Waals surface area (Å²) in [5.41, 5.74) is 0.370. The lowest BCUT2D eigenvalue weighted by atomic mass is 10.1. The zero-order chi connectivity index (χ0) is 15.4. The number of hydrogen-bond acceptors (Lipinski definition) is 6. The Kier molecular flexibility index (Phi) is 4.43. The first-order valence-electron chi connectivity index (χ1n) is 7.02. The van der Waals surface area contributed by atoms with Crippen molar-refractivity contribution in [3.63, 3.8) is 0 Å². The average molecular weight is 319 g/mol. The molecule has 1 N–H and O–H groups in total. The first-order chi connectivity index (χ1) is 10.7. The molecule has 0 spiro atoms. The highest BCUT2D eigenvalue weighted by atomic mass is 35.5. The van der Waals surface area contributed by atoms with Gasteiger partial charge in [0.25, 0.3) is 5.91 Å². The van der Waals surface area contributed by atoms with E-state index in [2.05, 4.69) is 25.3 Å². The second-order valence-corrected chi connectivity index (χ2v) is 5.49. The molecule has 3 rings (SSSR count). The van der Waals surface area contributed by atoms with Gasteiger partial charge in [-0.2, -0.15) is 0 Å². The first-order valence-corrected chi connectivity index (χ1v) is 7.39. The van der Waals surface area contributed by atoms with Crippen molar-refractivity contribution in [2.75, 3.05) is 18.0 Å². The van der Waals surface area contributed by atoms with E-state index in [1.807, 2.05) is 4.90 Å². The first kappa shape index (κ1) is 14.6. The predicted molar refractivity (Wildman–Crippen MR) is 81.8 cm³/mol. The van der Waals surface area contributed by atoms with Crippen LogP contribution in [0.25, 0.3) is 0 Å². The highest BCUT2D eigenvalue weighted by Crippen LogP contribution is 2.17. The third-order valence-corrected chi connectivity index (χ3v) is 3.66. The van der Waals surface area contributed by atoms with Gasteiger partial charge in [-0.15, -0.1) is 0 Å². The average Bonchev–Trinajstić information content (AvgIpc) is 2.56. The van der Waals surface area contributed by atoms with Gasteiger partial charge < -0.3 is 10.2 Å². The molecule has 2 aromatic heterocycles. The number of aromatic nitrogens is 4. The van der Waals surface area contributed by atoms with E-state index in [0.717, 1.165) is 19.4 Å². The Morgan fingerprint density at radius 2 is 2.14 bits per heavy atom. The number of anilines is 1. The van der Waals surface area contributed by atoms with Crippen molar-refractivity contribution in [3.8, 4) is 0 Å². The molecule has 114 valence electrons. The number of halogens is 1. The van der Waals surface area contributed by atoms with Gasteiger partial charge in [0.1, 0.15) is 12.0 Å². The van der Waals surface area contributed by atoms with Crippen LogP contribution in [0.15, 0.2) is 31.0 Å². The van der Waals surface area contributed by atoms with Crippen molar-refractivity contribution in [1.29, 1.82) is 0 Å². The molecule has 1 saturated heterocycles. The van der Waals surface area contributed by atoms with Crippen LogP contribution in [0.3, 0.4) is 0 Å². The minimum absolute atomic E-state index is 0.0375. The lowest BCUT2D eigenvalue weighted by Crippen LogP contribution is -2.48. The molecule has 1 aliphatic rings. The number of rotatable bonds is 3. The van der Waals surface area contributed by atoms with Gasteiger partial charge in [-0.25, -0.2) is 19.9 Å². The Labute approximate surface area is 132 Å². The number of carbonyl (C=O) groups excluding carboxylic acids is 1. The SMILES string of the molecule is O=C(NC1CCCN(c2ncc(Cl)cn2)C1)c1ccncn1. The Morgan fingerprint density at radius 3 is 2.86 bits per heavy atom. The second kappa shape index (κ2) is 6.65. The summed E-state index contributed by atoms with van der Waals surface area (Å²) < 4.78 is 0. The van der Waals surface area contributed by atoms with Gasteiger partial charge in [0.05, 0.1) is 17.4 Å². The Balaban J connectivity index is 1.63. The molecule has 1 unspecified atom stereocenters. The molecule has 0 radical (unpaired) electrons. The van der Waals surface area contributed by atoms with Gasteiger partial charge in [0.2, 0.25) is 5.95 Å². The summed E-state index contributed by atoms with van der Waals surface area (Å²) in [7, 11) is 0. The van der Waals surface area contributed by atoms with Crippen LogP contribution in [-0.2, 0) is 0 Å². The zero-order valence-electron chi connectivity index (χ0n) is 11.8. The molecule has 1 fully saturated rings. The van der Waals surface area contributed by atoms with E-state index in [9.17, 15) is 4.79 Å². The Morgan fingerprint density at radius 1 is 1.32 bits per heavy atom. The van der Waals surface area contributed by atoms with E-state index in [-0.39, 0.29) is 11.9 Å².